The van der Waals surface area contributed by atoms with Crippen LogP contribution < -0.4 is 62.2 Å². The van der Waals surface area contributed by atoms with Crippen LogP contribution in [-0.4, -0.2) is 18.7 Å². The zero-order chi connectivity index (χ0) is 16.5. The van der Waals surface area contributed by atoms with Crippen LogP contribution in [0.2, 0.25) is 0 Å². The Balaban J connectivity index is 0.00000264. The van der Waals surface area contributed by atoms with Crippen LogP contribution in [0.5, 0.6) is 0 Å². The van der Waals surface area contributed by atoms with Crippen LogP contribution in [0.25, 0.3) is 0 Å². The number of halogens is 3. The standard InChI is InChI=1S/C15H20BF3NO2.K/c1-15(2,3)22-14(21)20-9-11-6-7-12(16(17,18)19)8-13(11)10-4-5-10;/h6-8,10H,4-5,9H2,1-3H3,(H,20,21);/q-1;+1. The van der Waals surface area contributed by atoms with Gasteiger partial charge in [-0.15, -0.1) is 5.46 Å². The predicted molar refractivity (Wildman–Crippen MR) is 80.2 cm³/mol. The second-order valence-corrected chi connectivity index (χ2v) is 6.66. The van der Waals surface area contributed by atoms with E-state index in [2.05, 4.69) is 5.32 Å². The van der Waals surface area contributed by atoms with Crippen LogP contribution in [0.4, 0.5) is 17.7 Å². The van der Waals surface area contributed by atoms with Gasteiger partial charge >= 0.3 is 64.5 Å². The summed E-state index contributed by atoms with van der Waals surface area (Å²) in [5.74, 6) is 0.175. The molecule has 3 nitrogen and oxygen atoms in total. The molecule has 1 fully saturated rings. The number of nitrogens with one attached hydrogen (secondary N) is 1. The zero-order valence-electron chi connectivity index (χ0n) is 14.0. The molecule has 0 aromatic heterocycles. The van der Waals surface area contributed by atoms with Gasteiger partial charge in [-0.1, -0.05) is 18.2 Å². The summed E-state index contributed by atoms with van der Waals surface area (Å²) in [4.78, 5) is 11.6. The van der Waals surface area contributed by atoms with Crippen molar-refractivity contribution in [3.8, 4) is 0 Å². The van der Waals surface area contributed by atoms with E-state index < -0.39 is 24.1 Å². The van der Waals surface area contributed by atoms with E-state index in [-0.39, 0.29) is 63.8 Å². The second kappa shape index (κ2) is 7.91. The molecule has 122 valence electrons. The third-order valence-electron chi connectivity index (χ3n) is 3.39. The van der Waals surface area contributed by atoms with E-state index in [1.54, 1.807) is 20.8 Å². The molecule has 1 aromatic rings. The first kappa shape index (κ1) is 21.0. The molecule has 1 aliphatic carbocycles. The number of rotatable bonds is 4. The van der Waals surface area contributed by atoms with Gasteiger partial charge in [-0.3, -0.25) is 0 Å². The number of hydrogen-bond acceptors (Lipinski definition) is 2. The fraction of sp³-hybridized carbons (Fsp3) is 0.533. The van der Waals surface area contributed by atoms with Gasteiger partial charge in [0.25, 0.3) is 0 Å². The number of amides is 1. The maximum atomic E-state index is 12.9. The smallest absolute Gasteiger partial charge is 0.445 e. The first-order valence-electron chi connectivity index (χ1n) is 7.36. The van der Waals surface area contributed by atoms with Crippen molar-refractivity contribution in [1.29, 1.82) is 0 Å². The van der Waals surface area contributed by atoms with E-state index in [4.69, 9.17) is 4.74 Å². The molecular formula is C15H20BF3KNO2. The van der Waals surface area contributed by atoms with Gasteiger partial charge in [0.05, 0.1) is 0 Å². The molecule has 1 aliphatic rings. The minimum atomic E-state index is -5.00. The van der Waals surface area contributed by atoms with Crippen LogP contribution >= 0.6 is 0 Å². The summed E-state index contributed by atoms with van der Waals surface area (Å²) >= 11 is 0. The fourth-order valence-electron chi connectivity index (χ4n) is 2.23. The molecule has 0 aliphatic heterocycles. The molecule has 0 atom stereocenters. The summed E-state index contributed by atoms with van der Waals surface area (Å²) in [5, 5.41) is 2.60. The molecule has 0 radical (unpaired) electrons. The summed E-state index contributed by atoms with van der Waals surface area (Å²) in [5.41, 5.74) is 0.222. The Morgan fingerprint density at radius 1 is 1.30 bits per heavy atom. The van der Waals surface area contributed by atoms with E-state index in [0.717, 1.165) is 24.5 Å². The van der Waals surface area contributed by atoms with Gasteiger partial charge in [-0.05, 0) is 50.7 Å². The van der Waals surface area contributed by atoms with Crippen molar-refractivity contribution in [3.63, 3.8) is 0 Å². The summed E-state index contributed by atoms with van der Waals surface area (Å²) in [7, 11) is 0. The molecular weight excluding hydrogens is 333 g/mol. The summed E-state index contributed by atoms with van der Waals surface area (Å²) in [6, 6.07) is 3.76. The molecule has 1 saturated carbocycles. The van der Waals surface area contributed by atoms with E-state index in [0.29, 0.717) is 5.56 Å². The molecule has 2 rings (SSSR count). The van der Waals surface area contributed by atoms with Crippen molar-refractivity contribution in [2.45, 2.75) is 51.7 Å². The average Bonchev–Trinajstić information content (AvgIpc) is 3.17. The van der Waals surface area contributed by atoms with Gasteiger partial charge < -0.3 is 23.0 Å². The maximum absolute atomic E-state index is 12.9. The van der Waals surface area contributed by atoms with Crippen LogP contribution in [-0.2, 0) is 11.3 Å². The van der Waals surface area contributed by atoms with Gasteiger partial charge in [0.1, 0.15) is 5.60 Å². The molecule has 0 spiro atoms. The summed E-state index contributed by atoms with van der Waals surface area (Å²) < 4.78 is 43.7. The zero-order valence-corrected chi connectivity index (χ0v) is 17.1. The average molecular weight is 353 g/mol. The van der Waals surface area contributed by atoms with Gasteiger partial charge in [-0.2, -0.15) is 0 Å². The first-order chi connectivity index (χ1) is 10.1. The number of benzene rings is 1. The molecule has 1 amide bonds. The van der Waals surface area contributed by atoms with Gasteiger partial charge in [0.15, 0.2) is 0 Å². The van der Waals surface area contributed by atoms with Crippen molar-refractivity contribution in [2.24, 2.45) is 0 Å². The van der Waals surface area contributed by atoms with Gasteiger partial charge in [-0.25, -0.2) is 4.79 Å². The Morgan fingerprint density at radius 3 is 2.39 bits per heavy atom. The molecule has 0 heterocycles. The Hall–Kier alpha value is -0.0187. The molecule has 23 heavy (non-hydrogen) atoms. The SMILES string of the molecule is CC(C)(C)OC(=O)NCc1ccc([B-](F)(F)F)cc1C1CC1.[K+]. The van der Waals surface area contributed by atoms with Crippen molar-refractivity contribution in [3.05, 3.63) is 29.3 Å². The van der Waals surface area contributed by atoms with Crippen molar-refractivity contribution in [2.75, 3.05) is 0 Å². The Bertz CT molecular complexity index is 569. The van der Waals surface area contributed by atoms with E-state index >= 15 is 0 Å². The Kier molecular flexibility index (Phi) is 7.23. The van der Waals surface area contributed by atoms with Gasteiger partial charge in [0.2, 0.25) is 0 Å². The molecule has 8 heteroatoms. The predicted octanol–water partition coefficient (Wildman–Crippen LogP) is 0.647. The fourth-order valence-corrected chi connectivity index (χ4v) is 2.23. The Morgan fingerprint density at radius 2 is 1.91 bits per heavy atom. The molecule has 0 bridgehead atoms. The van der Waals surface area contributed by atoms with Crippen LogP contribution in [0.3, 0.4) is 0 Å². The summed E-state index contributed by atoms with van der Waals surface area (Å²) in [6.45, 7) is 0.432. The van der Waals surface area contributed by atoms with Crippen LogP contribution in [0.1, 0.15) is 50.7 Å². The van der Waals surface area contributed by atoms with Crippen molar-refractivity contribution >= 4 is 18.5 Å². The van der Waals surface area contributed by atoms with E-state index in [1.807, 2.05) is 0 Å². The monoisotopic (exact) mass is 353 g/mol. The molecule has 1 aromatic carbocycles. The third kappa shape index (κ3) is 6.78. The van der Waals surface area contributed by atoms with Crippen LogP contribution in [0.15, 0.2) is 18.2 Å². The van der Waals surface area contributed by atoms with Crippen molar-refractivity contribution < 1.29 is 73.9 Å². The van der Waals surface area contributed by atoms with Gasteiger partial charge in [0, 0.05) is 6.54 Å². The first-order valence-corrected chi connectivity index (χ1v) is 7.36. The molecule has 1 N–H and O–H groups in total. The normalized spacial score (nSPS) is 14.9. The third-order valence-corrected chi connectivity index (χ3v) is 3.39. The summed E-state index contributed by atoms with van der Waals surface area (Å²) in [6.07, 6.45) is 1.22. The number of carbonyl (C=O) groups is 1. The number of carbonyl (C=O) groups excluding carboxylic acids is 1. The largest absolute Gasteiger partial charge is 1.00 e. The Labute approximate surface area is 177 Å². The minimum absolute atomic E-state index is 0. The second-order valence-electron chi connectivity index (χ2n) is 6.66. The number of alkyl carbamates (subject to hydrolysis) is 1. The maximum Gasteiger partial charge on any atom is 1.00 e. The molecule has 0 saturated heterocycles. The van der Waals surface area contributed by atoms with E-state index in [1.165, 1.54) is 12.1 Å². The van der Waals surface area contributed by atoms with Crippen molar-refractivity contribution in [1.82, 2.24) is 5.32 Å². The minimum Gasteiger partial charge on any atom is -0.445 e. The quantitative estimate of drug-likeness (QED) is 0.808. The molecule has 0 unspecified atom stereocenters. The number of hydrogen-bond donors (Lipinski definition) is 1. The number of ether oxygens (including phenoxy) is 1. The van der Waals surface area contributed by atoms with E-state index in [9.17, 15) is 17.7 Å². The van der Waals surface area contributed by atoms with Crippen LogP contribution in [0, 0.1) is 0 Å². The topological polar surface area (TPSA) is 38.3 Å².